The van der Waals surface area contributed by atoms with Gasteiger partial charge in [-0.3, -0.25) is 0 Å². The van der Waals surface area contributed by atoms with Gasteiger partial charge in [-0.25, -0.2) is 0 Å². The molecule has 3 nitrogen and oxygen atoms in total. The third kappa shape index (κ3) is 4.05. The van der Waals surface area contributed by atoms with Crippen molar-refractivity contribution in [1.82, 2.24) is 9.88 Å². The molecule has 0 bridgehead atoms. The Labute approximate surface area is 181 Å². The first-order valence-corrected chi connectivity index (χ1v) is 11.6. The Balaban J connectivity index is 1.60. The molecule has 0 aliphatic heterocycles. The zero-order valence-corrected chi connectivity index (χ0v) is 19.0. The Hall–Kier alpha value is -0.380. The first-order valence-electron chi connectivity index (χ1n) is 9.40. The third-order valence-electron chi connectivity index (χ3n) is 5.43. The summed E-state index contributed by atoms with van der Waals surface area (Å²) in [6.07, 6.45) is 6.11. The summed E-state index contributed by atoms with van der Waals surface area (Å²) in [6, 6.07) is 13.7. The number of benzene rings is 2. The van der Waals surface area contributed by atoms with Gasteiger partial charge in [0.05, 0.1) is 12.6 Å². The number of nitrogens with one attached hydrogen (secondary N) is 1. The molecule has 0 saturated heterocycles. The summed E-state index contributed by atoms with van der Waals surface area (Å²) >= 11 is 4.74. The Morgan fingerprint density at radius 2 is 1.54 bits per heavy atom. The molecular weight excluding hydrogens is 550 g/mol. The highest BCUT2D eigenvalue weighted by Gasteiger charge is 2.17. The van der Waals surface area contributed by atoms with Gasteiger partial charge in [-0.15, -0.1) is 0 Å². The highest BCUT2D eigenvalue weighted by Crippen LogP contribution is 2.31. The molecule has 1 unspecified atom stereocenters. The molecule has 5 heteroatoms. The average molecular weight is 574 g/mol. The maximum atomic E-state index is 10.7. The molecule has 0 spiro atoms. The predicted octanol–water partition coefficient (Wildman–Crippen LogP) is 5.29. The van der Waals surface area contributed by atoms with Crippen LogP contribution >= 0.6 is 45.2 Å². The first-order chi connectivity index (χ1) is 12.6. The van der Waals surface area contributed by atoms with Crippen LogP contribution in [0.5, 0.6) is 0 Å². The molecule has 1 aromatic heterocycles. The molecule has 1 aliphatic rings. The van der Waals surface area contributed by atoms with Crippen LogP contribution in [0.15, 0.2) is 36.4 Å². The van der Waals surface area contributed by atoms with E-state index in [1.807, 2.05) is 0 Å². The molecule has 138 valence electrons. The Morgan fingerprint density at radius 3 is 2.12 bits per heavy atom. The van der Waals surface area contributed by atoms with Gasteiger partial charge in [-0.2, -0.15) is 0 Å². The van der Waals surface area contributed by atoms with E-state index >= 15 is 0 Å². The molecule has 26 heavy (non-hydrogen) atoms. The zero-order valence-electron chi connectivity index (χ0n) is 14.7. The predicted molar refractivity (Wildman–Crippen MR) is 126 cm³/mol. The summed E-state index contributed by atoms with van der Waals surface area (Å²) in [6.45, 7) is 1.29. The van der Waals surface area contributed by atoms with Crippen LogP contribution in [0.4, 0.5) is 0 Å². The number of rotatable bonds is 5. The molecule has 1 fully saturated rings. The van der Waals surface area contributed by atoms with Gasteiger partial charge < -0.3 is 15.0 Å². The van der Waals surface area contributed by atoms with Gasteiger partial charge in [-0.05, 0) is 94.4 Å². The quantitative estimate of drug-likeness (QED) is 0.407. The molecule has 0 amide bonds. The van der Waals surface area contributed by atoms with Crippen molar-refractivity contribution in [3.8, 4) is 0 Å². The molecule has 2 N–H and O–H groups in total. The van der Waals surface area contributed by atoms with Gasteiger partial charge in [-0.1, -0.05) is 19.3 Å². The smallest absolute Gasteiger partial charge is 0.0843 e. The lowest BCUT2D eigenvalue weighted by atomic mass is 9.95. The standard InChI is InChI=1S/C21H24I2N2O/c22-14-6-8-20-18(10-14)19-11-15(23)7-9-21(19)25(20)13-17(26)12-24-16-4-2-1-3-5-16/h6-11,16-17,24,26H,1-5,12-13H2. The normalized spacial score (nSPS) is 17.2. The van der Waals surface area contributed by atoms with Crippen molar-refractivity contribution in [2.24, 2.45) is 0 Å². The average Bonchev–Trinajstić information content (AvgIpc) is 2.93. The summed E-state index contributed by atoms with van der Waals surface area (Å²) in [7, 11) is 0. The Bertz CT molecular complexity index is 856. The molecule has 2 aromatic carbocycles. The maximum Gasteiger partial charge on any atom is 0.0843 e. The SMILES string of the molecule is OC(CNC1CCCCC1)Cn1c2ccc(I)cc2c2cc(I)ccc21. The monoisotopic (exact) mass is 574 g/mol. The number of nitrogens with zero attached hydrogens (tertiary/aromatic N) is 1. The zero-order chi connectivity index (χ0) is 18.1. The van der Waals surface area contributed by atoms with Crippen molar-refractivity contribution >= 4 is 67.0 Å². The lowest BCUT2D eigenvalue weighted by molar-refractivity contribution is 0.147. The molecule has 1 aliphatic carbocycles. The van der Waals surface area contributed by atoms with E-state index in [2.05, 4.69) is 91.5 Å². The second-order valence-electron chi connectivity index (χ2n) is 7.33. The Kier molecular flexibility index (Phi) is 6.07. The van der Waals surface area contributed by atoms with Gasteiger partial charge in [0.25, 0.3) is 0 Å². The van der Waals surface area contributed by atoms with Crippen LogP contribution in [-0.4, -0.2) is 28.4 Å². The van der Waals surface area contributed by atoms with Crippen molar-refractivity contribution in [1.29, 1.82) is 0 Å². The number of aromatic nitrogens is 1. The summed E-state index contributed by atoms with van der Waals surface area (Å²) in [5.74, 6) is 0. The van der Waals surface area contributed by atoms with Crippen LogP contribution in [-0.2, 0) is 6.54 Å². The van der Waals surface area contributed by atoms with Gasteiger partial charge in [0.2, 0.25) is 0 Å². The molecular formula is C21H24I2N2O. The van der Waals surface area contributed by atoms with Crippen LogP contribution in [0.3, 0.4) is 0 Å². The minimum atomic E-state index is -0.380. The fourth-order valence-electron chi connectivity index (χ4n) is 4.13. The topological polar surface area (TPSA) is 37.2 Å². The highest BCUT2D eigenvalue weighted by atomic mass is 127. The maximum absolute atomic E-state index is 10.7. The number of hydrogen-bond acceptors (Lipinski definition) is 2. The first kappa shape index (κ1) is 19.0. The van der Waals surface area contributed by atoms with Crippen molar-refractivity contribution in [3.63, 3.8) is 0 Å². The van der Waals surface area contributed by atoms with Crippen LogP contribution in [0.25, 0.3) is 21.8 Å². The number of aliphatic hydroxyl groups is 1. The van der Waals surface area contributed by atoms with Crippen molar-refractivity contribution in [2.75, 3.05) is 6.54 Å². The van der Waals surface area contributed by atoms with E-state index in [4.69, 9.17) is 0 Å². The largest absolute Gasteiger partial charge is 0.390 e. The van der Waals surface area contributed by atoms with E-state index in [9.17, 15) is 5.11 Å². The van der Waals surface area contributed by atoms with Gasteiger partial charge in [0, 0.05) is 41.5 Å². The van der Waals surface area contributed by atoms with Crippen LogP contribution in [0.2, 0.25) is 0 Å². The van der Waals surface area contributed by atoms with E-state index in [-0.39, 0.29) is 6.10 Å². The van der Waals surface area contributed by atoms with Crippen LogP contribution in [0, 0.1) is 7.14 Å². The minimum Gasteiger partial charge on any atom is -0.390 e. The number of fused-ring (bicyclic) bond motifs is 3. The van der Waals surface area contributed by atoms with Crippen LogP contribution < -0.4 is 5.32 Å². The molecule has 1 atom stereocenters. The fourth-order valence-corrected chi connectivity index (χ4v) is 5.11. The van der Waals surface area contributed by atoms with Crippen LogP contribution in [0.1, 0.15) is 32.1 Å². The lowest BCUT2D eigenvalue weighted by Crippen LogP contribution is -2.38. The van der Waals surface area contributed by atoms with E-state index < -0.39 is 0 Å². The summed E-state index contributed by atoms with van der Waals surface area (Å²) in [5.41, 5.74) is 2.42. The molecule has 3 aromatic rings. The number of halogens is 2. The molecule has 4 rings (SSSR count). The van der Waals surface area contributed by atoms with E-state index in [0.29, 0.717) is 19.1 Å². The van der Waals surface area contributed by atoms with Gasteiger partial charge >= 0.3 is 0 Å². The second-order valence-corrected chi connectivity index (χ2v) is 9.82. The van der Waals surface area contributed by atoms with Gasteiger partial charge in [0.1, 0.15) is 0 Å². The van der Waals surface area contributed by atoms with Crippen molar-refractivity contribution < 1.29 is 5.11 Å². The minimum absolute atomic E-state index is 0.380. The van der Waals surface area contributed by atoms with Crippen molar-refractivity contribution in [2.45, 2.75) is 50.8 Å². The van der Waals surface area contributed by atoms with E-state index in [1.54, 1.807) is 0 Å². The highest BCUT2D eigenvalue weighted by molar-refractivity contribution is 14.1. The molecule has 1 heterocycles. The van der Waals surface area contributed by atoms with E-state index in [0.717, 1.165) is 0 Å². The van der Waals surface area contributed by atoms with Crippen molar-refractivity contribution in [3.05, 3.63) is 43.5 Å². The molecule has 0 radical (unpaired) electrons. The number of aliphatic hydroxyl groups excluding tert-OH is 1. The van der Waals surface area contributed by atoms with Gasteiger partial charge in [0.15, 0.2) is 0 Å². The molecule has 1 saturated carbocycles. The lowest BCUT2D eigenvalue weighted by Gasteiger charge is -2.24. The summed E-state index contributed by atoms with van der Waals surface area (Å²) < 4.78 is 4.77. The fraction of sp³-hybridized carbons (Fsp3) is 0.429. The number of hydrogen-bond donors (Lipinski definition) is 2. The Morgan fingerprint density at radius 1 is 0.962 bits per heavy atom. The summed E-state index contributed by atoms with van der Waals surface area (Å²) in [4.78, 5) is 0. The summed E-state index contributed by atoms with van der Waals surface area (Å²) in [5, 5.41) is 16.8. The second kappa shape index (κ2) is 8.32. The third-order valence-corrected chi connectivity index (χ3v) is 6.77. The van der Waals surface area contributed by atoms with E-state index in [1.165, 1.54) is 61.1 Å².